The van der Waals surface area contributed by atoms with E-state index in [1.54, 1.807) is 0 Å². The first kappa shape index (κ1) is 12.4. The van der Waals surface area contributed by atoms with Crippen molar-refractivity contribution in [1.29, 1.82) is 0 Å². The van der Waals surface area contributed by atoms with E-state index < -0.39 is 0 Å². The van der Waals surface area contributed by atoms with Crippen molar-refractivity contribution in [3.05, 3.63) is 46.4 Å². The van der Waals surface area contributed by atoms with Gasteiger partial charge in [-0.05, 0) is 48.9 Å². The topological polar surface area (TPSA) is 48.1 Å². The molecule has 0 aliphatic heterocycles. The zero-order chi connectivity index (χ0) is 13.4. The van der Waals surface area contributed by atoms with E-state index in [0.717, 1.165) is 31.7 Å². The molecule has 0 saturated heterocycles. The number of halogens is 1. The Morgan fingerprint density at radius 2 is 2.05 bits per heavy atom. The third-order valence-electron chi connectivity index (χ3n) is 2.73. The Kier molecular flexibility index (Phi) is 3.16. The normalized spacial score (nSPS) is 10.8. The molecule has 0 saturated carbocycles. The first-order valence-electron chi connectivity index (χ1n) is 5.72. The maximum absolute atomic E-state index is 5.78. The number of hydrogen-bond donors (Lipinski definition) is 1. The molecule has 0 aliphatic rings. The van der Waals surface area contributed by atoms with E-state index >= 15 is 0 Å². The molecule has 0 unspecified atom stereocenters. The van der Waals surface area contributed by atoms with Crippen molar-refractivity contribution >= 4 is 43.2 Å². The van der Waals surface area contributed by atoms with Crippen LogP contribution in [-0.2, 0) is 0 Å². The molecule has 96 valence electrons. The predicted octanol–water partition coefficient (Wildman–Crippen LogP) is 4.74. The molecule has 2 N–H and O–H groups in total. The Hall–Kier alpha value is -1.59. The lowest BCUT2D eigenvalue weighted by atomic mass is 10.2. The molecule has 1 aromatic heterocycles. The van der Waals surface area contributed by atoms with Gasteiger partial charge in [-0.15, -0.1) is 0 Å². The van der Waals surface area contributed by atoms with Crippen molar-refractivity contribution < 1.29 is 4.74 Å². The first-order chi connectivity index (χ1) is 9.11. The van der Waals surface area contributed by atoms with Gasteiger partial charge in [-0.3, -0.25) is 0 Å². The lowest BCUT2D eigenvalue weighted by Crippen LogP contribution is -1.84. The average Bonchev–Trinajstić information content (AvgIpc) is 2.75. The molecule has 0 bridgehead atoms. The Morgan fingerprint density at radius 1 is 1.21 bits per heavy atom. The number of nitrogens with zero attached hydrogens (tertiary/aromatic N) is 1. The van der Waals surface area contributed by atoms with Crippen LogP contribution < -0.4 is 10.5 Å². The Balaban J connectivity index is 1.94. The lowest BCUT2D eigenvalue weighted by molar-refractivity contribution is 0.479. The SMILES string of the molecule is Cc1cc(Oc2nc3ccc(N)cc3s2)ccc1Br. The van der Waals surface area contributed by atoms with Crippen molar-refractivity contribution in [2.75, 3.05) is 5.73 Å². The predicted molar refractivity (Wildman–Crippen MR) is 83.0 cm³/mol. The molecule has 3 rings (SSSR count). The largest absolute Gasteiger partial charge is 0.431 e. The van der Waals surface area contributed by atoms with Gasteiger partial charge < -0.3 is 10.5 Å². The molecular formula is C14H11BrN2OS. The summed E-state index contributed by atoms with van der Waals surface area (Å²) in [6, 6.07) is 11.5. The highest BCUT2D eigenvalue weighted by Crippen LogP contribution is 2.33. The summed E-state index contributed by atoms with van der Waals surface area (Å²) in [4.78, 5) is 4.43. The summed E-state index contributed by atoms with van der Waals surface area (Å²) in [6.45, 7) is 2.02. The minimum absolute atomic E-state index is 0.627. The fraction of sp³-hybridized carbons (Fsp3) is 0.0714. The van der Waals surface area contributed by atoms with Gasteiger partial charge >= 0.3 is 0 Å². The van der Waals surface area contributed by atoms with Gasteiger partial charge in [0.2, 0.25) is 0 Å². The third-order valence-corrected chi connectivity index (χ3v) is 4.51. The molecule has 0 aliphatic carbocycles. The quantitative estimate of drug-likeness (QED) is 0.688. The second-order valence-corrected chi connectivity index (χ2v) is 6.07. The van der Waals surface area contributed by atoms with Gasteiger partial charge in [0.25, 0.3) is 5.19 Å². The van der Waals surface area contributed by atoms with E-state index in [2.05, 4.69) is 20.9 Å². The number of aryl methyl sites for hydroxylation is 1. The molecule has 0 spiro atoms. The highest BCUT2D eigenvalue weighted by Gasteiger charge is 2.07. The summed E-state index contributed by atoms with van der Waals surface area (Å²) in [5.74, 6) is 0.785. The second kappa shape index (κ2) is 4.83. The van der Waals surface area contributed by atoms with Crippen molar-refractivity contribution in [2.45, 2.75) is 6.92 Å². The maximum Gasteiger partial charge on any atom is 0.279 e. The van der Waals surface area contributed by atoms with Crippen LogP contribution in [0.15, 0.2) is 40.9 Å². The Bertz CT molecular complexity index is 754. The minimum Gasteiger partial charge on any atom is -0.431 e. The molecule has 2 aromatic carbocycles. The molecule has 0 atom stereocenters. The van der Waals surface area contributed by atoms with Gasteiger partial charge in [-0.2, -0.15) is 0 Å². The summed E-state index contributed by atoms with van der Waals surface area (Å²) in [5.41, 5.74) is 8.53. The number of fused-ring (bicyclic) bond motifs is 1. The van der Waals surface area contributed by atoms with E-state index in [4.69, 9.17) is 10.5 Å². The van der Waals surface area contributed by atoms with Gasteiger partial charge in [0.05, 0.1) is 10.2 Å². The molecule has 0 radical (unpaired) electrons. The lowest BCUT2D eigenvalue weighted by Gasteiger charge is -2.03. The van der Waals surface area contributed by atoms with E-state index in [1.807, 2.05) is 43.3 Å². The third kappa shape index (κ3) is 2.57. The highest BCUT2D eigenvalue weighted by atomic mass is 79.9. The van der Waals surface area contributed by atoms with Gasteiger partial charge in [0, 0.05) is 10.2 Å². The summed E-state index contributed by atoms with van der Waals surface area (Å²) >= 11 is 4.96. The number of nitrogen functional groups attached to an aromatic ring is 1. The van der Waals surface area contributed by atoms with Crippen molar-refractivity contribution in [3.8, 4) is 10.9 Å². The molecule has 0 amide bonds. The molecule has 5 heteroatoms. The van der Waals surface area contributed by atoms with E-state index in [1.165, 1.54) is 11.3 Å². The number of ether oxygens (including phenoxy) is 1. The van der Waals surface area contributed by atoms with Crippen LogP contribution >= 0.6 is 27.3 Å². The zero-order valence-electron chi connectivity index (χ0n) is 10.2. The fourth-order valence-corrected chi connectivity index (χ4v) is 2.88. The van der Waals surface area contributed by atoms with Gasteiger partial charge in [-0.1, -0.05) is 27.3 Å². The van der Waals surface area contributed by atoms with Crippen LogP contribution in [0.4, 0.5) is 5.69 Å². The van der Waals surface area contributed by atoms with E-state index in [9.17, 15) is 0 Å². The van der Waals surface area contributed by atoms with Crippen LogP contribution in [0.3, 0.4) is 0 Å². The maximum atomic E-state index is 5.78. The number of anilines is 1. The van der Waals surface area contributed by atoms with E-state index in [-0.39, 0.29) is 0 Å². The summed E-state index contributed by atoms with van der Waals surface area (Å²) in [5, 5.41) is 0.627. The second-order valence-electron chi connectivity index (χ2n) is 4.22. The fourth-order valence-electron chi connectivity index (χ4n) is 1.75. The summed E-state index contributed by atoms with van der Waals surface area (Å²) < 4.78 is 7.88. The van der Waals surface area contributed by atoms with Crippen molar-refractivity contribution in [1.82, 2.24) is 4.98 Å². The van der Waals surface area contributed by atoms with Crippen LogP contribution in [0.1, 0.15) is 5.56 Å². The van der Waals surface area contributed by atoms with Gasteiger partial charge in [0.1, 0.15) is 5.75 Å². The first-order valence-corrected chi connectivity index (χ1v) is 7.33. The Morgan fingerprint density at radius 3 is 2.84 bits per heavy atom. The van der Waals surface area contributed by atoms with E-state index in [0.29, 0.717) is 5.19 Å². The standard InChI is InChI=1S/C14H11BrN2OS/c1-8-6-10(3-4-11(8)15)18-14-17-12-5-2-9(16)7-13(12)19-14/h2-7H,16H2,1H3. The molecule has 0 fully saturated rings. The number of benzene rings is 2. The molecule has 1 heterocycles. The molecule has 3 nitrogen and oxygen atoms in total. The molecule has 3 aromatic rings. The summed E-state index contributed by atoms with van der Waals surface area (Å²) in [7, 11) is 0. The Labute approximate surface area is 123 Å². The number of aromatic nitrogens is 1. The average molecular weight is 335 g/mol. The number of hydrogen-bond acceptors (Lipinski definition) is 4. The zero-order valence-corrected chi connectivity index (χ0v) is 12.6. The highest BCUT2D eigenvalue weighted by molar-refractivity contribution is 9.10. The number of thiazole rings is 1. The van der Waals surface area contributed by atoms with Crippen LogP contribution in [0.2, 0.25) is 0 Å². The minimum atomic E-state index is 0.627. The van der Waals surface area contributed by atoms with Crippen molar-refractivity contribution in [2.24, 2.45) is 0 Å². The molecule has 19 heavy (non-hydrogen) atoms. The van der Waals surface area contributed by atoms with Crippen molar-refractivity contribution in [3.63, 3.8) is 0 Å². The van der Waals surface area contributed by atoms with Gasteiger partial charge in [-0.25, -0.2) is 4.98 Å². The molecular weight excluding hydrogens is 324 g/mol. The van der Waals surface area contributed by atoms with Crippen LogP contribution in [0, 0.1) is 6.92 Å². The smallest absolute Gasteiger partial charge is 0.279 e. The van der Waals surface area contributed by atoms with Gasteiger partial charge in [0.15, 0.2) is 0 Å². The number of nitrogens with two attached hydrogens (primary N) is 1. The monoisotopic (exact) mass is 334 g/mol. The number of rotatable bonds is 2. The van der Waals surface area contributed by atoms with Crippen LogP contribution in [0.25, 0.3) is 10.2 Å². The summed E-state index contributed by atoms with van der Waals surface area (Å²) in [6.07, 6.45) is 0. The van der Waals surface area contributed by atoms with Crippen LogP contribution in [-0.4, -0.2) is 4.98 Å². The van der Waals surface area contributed by atoms with Crippen LogP contribution in [0.5, 0.6) is 10.9 Å².